The normalized spacial score (nSPS) is 20.8. The van der Waals surface area contributed by atoms with Crippen molar-refractivity contribution in [1.29, 1.82) is 0 Å². The van der Waals surface area contributed by atoms with E-state index in [4.69, 9.17) is 4.74 Å². The van der Waals surface area contributed by atoms with Gasteiger partial charge in [0.25, 0.3) is 0 Å². The zero-order chi connectivity index (χ0) is 31.9. The SMILES string of the molecule is CCC/C(=C\c1cccc(O)c1)CC[C@@H](O)C1=C(COC)C[C@H]2C(=O)N(c3ccc(Nc4ccccc4)cc3)C(=O)[C@H]2[C@H]1CO. The van der Waals surface area contributed by atoms with Crippen molar-refractivity contribution in [3.05, 3.63) is 101 Å². The first kappa shape index (κ1) is 32.2. The molecular formula is C37H42N2O6. The van der Waals surface area contributed by atoms with Crippen LogP contribution in [0.1, 0.15) is 44.6 Å². The highest BCUT2D eigenvalue weighted by Gasteiger charge is 2.55. The number of aromatic hydroxyl groups is 1. The number of hydrogen-bond donors (Lipinski definition) is 4. The van der Waals surface area contributed by atoms with Crippen LogP contribution < -0.4 is 10.2 Å². The number of amides is 2. The third-order valence-corrected chi connectivity index (χ3v) is 8.80. The van der Waals surface area contributed by atoms with E-state index in [1.165, 1.54) is 4.90 Å². The minimum Gasteiger partial charge on any atom is -0.508 e. The Kier molecular flexibility index (Phi) is 10.5. The summed E-state index contributed by atoms with van der Waals surface area (Å²) < 4.78 is 5.49. The van der Waals surface area contributed by atoms with Crippen molar-refractivity contribution >= 4 is 35.0 Å². The first-order valence-corrected chi connectivity index (χ1v) is 15.6. The molecule has 4 atom stereocenters. The molecule has 2 aliphatic rings. The quantitative estimate of drug-likeness (QED) is 0.134. The molecule has 3 aromatic carbocycles. The zero-order valence-corrected chi connectivity index (χ0v) is 25.9. The van der Waals surface area contributed by atoms with Gasteiger partial charge in [-0.25, -0.2) is 0 Å². The highest BCUT2D eigenvalue weighted by Crippen LogP contribution is 2.47. The number of rotatable bonds is 13. The fourth-order valence-electron chi connectivity index (χ4n) is 6.82. The fraction of sp³-hybridized carbons (Fsp3) is 0.351. The number of nitrogens with zero attached hydrogens (tertiary/aromatic N) is 1. The number of anilines is 3. The summed E-state index contributed by atoms with van der Waals surface area (Å²) in [6.45, 7) is 1.93. The second kappa shape index (κ2) is 14.7. The average Bonchev–Trinajstić information content (AvgIpc) is 3.29. The predicted molar refractivity (Wildman–Crippen MR) is 176 cm³/mol. The van der Waals surface area contributed by atoms with Crippen LogP contribution in [-0.4, -0.2) is 53.6 Å². The van der Waals surface area contributed by atoms with Gasteiger partial charge in [-0.3, -0.25) is 14.5 Å². The van der Waals surface area contributed by atoms with Crippen LogP contribution >= 0.6 is 0 Å². The van der Waals surface area contributed by atoms with Crippen LogP contribution in [0.15, 0.2) is 95.6 Å². The van der Waals surface area contributed by atoms with Crippen molar-refractivity contribution < 1.29 is 29.6 Å². The van der Waals surface area contributed by atoms with Gasteiger partial charge in [-0.1, -0.05) is 55.3 Å². The monoisotopic (exact) mass is 610 g/mol. The van der Waals surface area contributed by atoms with Gasteiger partial charge in [0.05, 0.1) is 36.8 Å². The summed E-state index contributed by atoms with van der Waals surface area (Å²) in [4.78, 5) is 28.9. The number of hydrogen-bond acceptors (Lipinski definition) is 7. The Hall–Kier alpha value is -4.24. The van der Waals surface area contributed by atoms with E-state index in [1.54, 1.807) is 37.4 Å². The summed E-state index contributed by atoms with van der Waals surface area (Å²) in [6, 6.07) is 23.9. The second-order valence-corrected chi connectivity index (χ2v) is 11.9. The van der Waals surface area contributed by atoms with E-state index in [2.05, 4.69) is 12.2 Å². The van der Waals surface area contributed by atoms with Crippen LogP contribution in [-0.2, 0) is 14.3 Å². The van der Waals surface area contributed by atoms with Crippen LogP contribution in [0.25, 0.3) is 6.08 Å². The molecule has 5 rings (SSSR count). The van der Waals surface area contributed by atoms with Gasteiger partial charge in [0.1, 0.15) is 5.75 Å². The molecule has 3 aromatic rings. The van der Waals surface area contributed by atoms with E-state index in [1.807, 2.05) is 54.6 Å². The molecule has 8 nitrogen and oxygen atoms in total. The number of para-hydroxylation sites is 1. The minimum absolute atomic E-state index is 0.196. The number of aliphatic hydroxyl groups is 2. The first-order chi connectivity index (χ1) is 21.8. The molecule has 0 bridgehead atoms. The number of nitrogens with one attached hydrogen (secondary N) is 1. The molecule has 1 aliphatic heterocycles. The fourth-order valence-corrected chi connectivity index (χ4v) is 6.82. The Morgan fingerprint density at radius 1 is 1.00 bits per heavy atom. The Bertz CT molecular complexity index is 1550. The highest BCUT2D eigenvalue weighted by molar-refractivity contribution is 6.22. The van der Waals surface area contributed by atoms with Gasteiger partial charge >= 0.3 is 0 Å². The van der Waals surface area contributed by atoms with Gasteiger partial charge < -0.3 is 25.4 Å². The Morgan fingerprint density at radius 2 is 1.73 bits per heavy atom. The van der Waals surface area contributed by atoms with Gasteiger partial charge in [0, 0.05) is 24.4 Å². The highest BCUT2D eigenvalue weighted by atomic mass is 16.5. The van der Waals surface area contributed by atoms with Crippen LogP contribution in [0.2, 0.25) is 0 Å². The first-order valence-electron chi connectivity index (χ1n) is 15.6. The number of carbonyl (C=O) groups excluding carboxylic acids is 2. The average molecular weight is 611 g/mol. The number of carbonyl (C=O) groups is 2. The lowest BCUT2D eigenvalue weighted by atomic mass is 9.68. The lowest BCUT2D eigenvalue weighted by Gasteiger charge is -2.36. The molecule has 1 heterocycles. The summed E-state index contributed by atoms with van der Waals surface area (Å²) in [5.74, 6) is -2.57. The molecule has 1 saturated heterocycles. The lowest BCUT2D eigenvalue weighted by Crippen LogP contribution is -2.39. The van der Waals surface area contributed by atoms with E-state index >= 15 is 0 Å². The predicted octanol–water partition coefficient (Wildman–Crippen LogP) is 6.22. The number of fused-ring (bicyclic) bond motifs is 1. The summed E-state index contributed by atoms with van der Waals surface area (Å²) in [5.41, 5.74) is 5.63. The van der Waals surface area contributed by atoms with Gasteiger partial charge in [0.15, 0.2) is 0 Å². The standard InChI is InChI=1S/C37H42N2O6/c1-3-8-24(19-25-9-7-12-30(41)20-25)13-18-33(42)34-26(23-45-2)21-31-35(32(34)22-40)37(44)39(36(31)43)29-16-14-28(15-17-29)38-27-10-5-4-6-11-27/h4-7,9-12,14-17,19-20,31-33,35,38,40-42H,3,8,13,18,21-23H2,1-2H3/b24-19+/t31-,32+,33-,35-/m1/s1. The summed E-state index contributed by atoms with van der Waals surface area (Å²) in [7, 11) is 1.56. The molecule has 0 aromatic heterocycles. The zero-order valence-electron chi connectivity index (χ0n) is 25.9. The maximum atomic E-state index is 13.9. The summed E-state index contributed by atoms with van der Waals surface area (Å²) >= 11 is 0. The molecular weight excluding hydrogens is 568 g/mol. The Balaban J connectivity index is 1.36. The van der Waals surface area contributed by atoms with E-state index in [9.17, 15) is 24.9 Å². The number of ether oxygens (including phenoxy) is 1. The van der Waals surface area contributed by atoms with Crippen molar-refractivity contribution in [2.75, 3.05) is 30.5 Å². The van der Waals surface area contributed by atoms with Crippen LogP contribution in [0, 0.1) is 17.8 Å². The van der Waals surface area contributed by atoms with Gasteiger partial charge in [-0.15, -0.1) is 0 Å². The number of allylic oxidation sites excluding steroid dienone is 1. The van der Waals surface area contributed by atoms with Crippen molar-refractivity contribution in [3.8, 4) is 5.75 Å². The third-order valence-electron chi connectivity index (χ3n) is 8.80. The Labute approximate surface area is 264 Å². The number of aliphatic hydroxyl groups excluding tert-OH is 2. The molecule has 0 radical (unpaired) electrons. The number of phenolic OH excluding ortho intramolecular Hbond substituents is 1. The molecule has 0 spiro atoms. The Morgan fingerprint density at radius 3 is 2.40 bits per heavy atom. The van der Waals surface area contributed by atoms with E-state index in [-0.39, 0.29) is 37.2 Å². The third kappa shape index (κ3) is 7.20. The van der Waals surface area contributed by atoms with Crippen molar-refractivity contribution in [3.63, 3.8) is 0 Å². The van der Waals surface area contributed by atoms with Crippen molar-refractivity contribution in [2.45, 2.75) is 45.1 Å². The maximum absolute atomic E-state index is 13.9. The smallest absolute Gasteiger partial charge is 0.238 e. The number of benzene rings is 3. The molecule has 0 saturated carbocycles. The molecule has 0 unspecified atom stereocenters. The van der Waals surface area contributed by atoms with E-state index < -0.39 is 23.9 Å². The number of methoxy groups -OCH3 is 1. The molecule has 1 aliphatic carbocycles. The maximum Gasteiger partial charge on any atom is 0.238 e. The van der Waals surface area contributed by atoms with E-state index in [0.717, 1.165) is 40.9 Å². The molecule has 236 valence electrons. The molecule has 4 N–H and O–H groups in total. The van der Waals surface area contributed by atoms with Gasteiger partial charge in [-0.05, 0) is 90.9 Å². The summed E-state index contributed by atoms with van der Waals surface area (Å²) in [6.07, 6.45) is 4.17. The second-order valence-electron chi connectivity index (χ2n) is 11.9. The van der Waals surface area contributed by atoms with Crippen molar-refractivity contribution in [2.24, 2.45) is 17.8 Å². The van der Waals surface area contributed by atoms with Crippen LogP contribution in [0.4, 0.5) is 17.1 Å². The lowest BCUT2D eigenvalue weighted by molar-refractivity contribution is -0.123. The largest absolute Gasteiger partial charge is 0.508 e. The minimum atomic E-state index is -0.919. The molecule has 2 amide bonds. The summed E-state index contributed by atoms with van der Waals surface area (Å²) in [5, 5.41) is 35.4. The number of imide groups is 1. The molecule has 1 fully saturated rings. The van der Waals surface area contributed by atoms with Crippen LogP contribution in [0.3, 0.4) is 0 Å². The number of phenols is 1. The topological polar surface area (TPSA) is 119 Å². The van der Waals surface area contributed by atoms with E-state index in [0.29, 0.717) is 24.1 Å². The van der Waals surface area contributed by atoms with Gasteiger partial charge in [-0.2, -0.15) is 0 Å². The van der Waals surface area contributed by atoms with Gasteiger partial charge in [0.2, 0.25) is 11.8 Å². The van der Waals surface area contributed by atoms with Crippen LogP contribution in [0.5, 0.6) is 5.75 Å². The van der Waals surface area contributed by atoms with Crippen molar-refractivity contribution in [1.82, 2.24) is 0 Å². The molecule has 45 heavy (non-hydrogen) atoms. The molecule has 8 heteroatoms.